The summed E-state index contributed by atoms with van der Waals surface area (Å²) in [4.78, 5) is 25.9. The number of carbonyl (C=O) groups is 1. The molecule has 1 aromatic heterocycles. The highest BCUT2D eigenvalue weighted by atomic mass is 32.2. The second-order valence-corrected chi connectivity index (χ2v) is 11.2. The molecule has 4 heterocycles. The fourth-order valence-corrected chi connectivity index (χ4v) is 4.56. The summed E-state index contributed by atoms with van der Waals surface area (Å²) in [6, 6.07) is -0.0136. The SMILES string of the molecule is CC1COCC2COc3c(nc(C(=O)N4CCCC4)nc3C(C)(C)S(C)(=O)=O)N12. The van der Waals surface area contributed by atoms with Crippen LogP contribution in [0.5, 0.6) is 5.75 Å². The van der Waals surface area contributed by atoms with Crippen molar-refractivity contribution in [1.82, 2.24) is 14.9 Å². The van der Waals surface area contributed by atoms with Crippen LogP contribution in [0, 0.1) is 0 Å². The summed E-state index contributed by atoms with van der Waals surface area (Å²) < 4.78 is 35.4. The molecule has 0 aromatic carbocycles. The van der Waals surface area contributed by atoms with E-state index in [-0.39, 0.29) is 29.5 Å². The highest BCUT2D eigenvalue weighted by Gasteiger charge is 2.44. The minimum atomic E-state index is -3.53. The van der Waals surface area contributed by atoms with E-state index >= 15 is 0 Å². The minimum absolute atomic E-state index is 0.0234. The van der Waals surface area contributed by atoms with Gasteiger partial charge in [-0.2, -0.15) is 0 Å². The van der Waals surface area contributed by atoms with E-state index in [1.54, 1.807) is 18.7 Å². The molecule has 2 fully saturated rings. The zero-order valence-corrected chi connectivity index (χ0v) is 18.2. The zero-order valence-electron chi connectivity index (χ0n) is 17.3. The highest BCUT2D eigenvalue weighted by Crippen LogP contribution is 2.43. The van der Waals surface area contributed by atoms with Crippen LogP contribution in [0.15, 0.2) is 0 Å². The summed E-state index contributed by atoms with van der Waals surface area (Å²) >= 11 is 0. The molecule has 2 unspecified atom stereocenters. The van der Waals surface area contributed by atoms with Crippen LogP contribution in [0.25, 0.3) is 0 Å². The Morgan fingerprint density at radius 2 is 1.83 bits per heavy atom. The van der Waals surface area contributed by atoms with Crippen molar-refractivity contribution in [3.63, 3.8) is 0 Å². The number of ether oxygens (including phenoxy) is 2. The Morgan fingerprint density at radius 3 is 2.48 bits per heavy atom. The van der Waals surface area contributed by atoms with E-state index in [0.29, 0.717) is 44.5 Å². The van der Waals surface area contributed by atoms with Crippen molar-refractivity contribution in [2.24, 2.45) is 0 Å². The fourth-order valence-electron chi connectivity index (χ4n) is 4.07. The Hall–Kier alpha value is -1.94. The molecule has 3 aliphatic heterocycles. The number of morpholine rings is 1. The normalized spacial score (nSPS) is 24.7. The molecule has 1 amide bonds. The summed E-state index contributed by atoms with van der Waals surface area (Å²) in [6.45, 7) is 7.91. The lowest BCUT2D eigenvalue weighted by atomic mass is 10.0. The van der Waals surface area contributed by atoms with Crippen LogP contribution in [0.3, 0.4) is 0 Å². The number of hydrogen-bond donors (Lipinski definition) is 0. The number of fused-ring (bicyclic) bond motifs is 3. The number of likely N-dealkylation sites (tertiary alicyclic amines) is 1. The lowest BCUT2D eigenvalue weighted by Gasteiger charge is -2.45. The summed E-state index contributed by atoms with van der Waals surface area (Å²) in [7, 11) is -3.53. The van der Waals surface area contributed by atoms with Crippen molar-refractivity contribution >= 4 is 21.6 Å². The number of nitrogens with zero attached hydrogens (tertiary/aromatic N) is 4. The van der Waals surface area contributed by atoms with E-state index in [1.165, 1.54) is 6.26 Å². The van der Waals surface area contributed by atoms with Crippen molar-refractivity contribution in [3.05, 3.63) is 11.5 Å². The van der Waals surface area contributed by atoms with E-state index in [0.717, 1.165) is 12.8 Å². The molecule has 1 aromatic rings. The molecule has 160 valence electrons. The molecule has 10 heteroatoms. The monoisotopic (exact) mass is 424 g/mol. The van der Waals surface area contributed by atoms with Gasteiger partial charge in [0, 0.05) is 19.3 Å². The van der Waals surface area contributed by atoms with Gasteiger partial charge in [-0.1, -0.05) is 0 Å². The van der Waals surface area contributed by atoms with E-state index in [9.17, 15) is 13.2 Å². The Bertz CT molecular complexity index is 927. The summed E-state index contributed by atoms with van der Waals surface area (Å²) in [5, 5.41) is 0. The molecule has 0 radical (unpaired) electrons. The van der Waals surface area contributed by atoms with Gasteiger partial charge in [0.05, 0.1) is 25.3 Å². The molecule has 29 heavy (non-hydrogen) atoms. The maximum absolute atomic E-state index is 13.1. The number of hydrogen-bond acceptors (Lipinski definition) is 8. The molecule has 0 aliphatic carbocycles. The van der Waals surface area contributed by atoms with Crippen molar-refractivity contribution in [2.75, 3.05) is 44.1 Å². The van der Waals surface area contributed by atoms with E-state index in [1.807, 2.05) is 6.92 Å². The number of amides is 1. The van der Waals surface area contributed by atoms with Crippen molar-refractivity contribution in [3.8, 4) is 5.75 Å². The van der Waals surface area contributed by atoms with Gasteiger partial charge >= 0.3 is 0 Å². The maximum Gasteiger partial charge on any atom is 0.291 e. The number of anilines is 1. The van der Waals surface area contributed by atoms with E-state index in [4.69, 9.17) is 9.47 Å². The van der Waals surface area contributed by atoms with Gasteiger partial charge in [0.15, 0.2) is 21.4 Å². The third-order valence-electron chi connectivity index (χ3n) is 6.13. The Kier molecular flexibility index (Phi) is 4.97. The lowest BCUT2D eigenvalue weighted by Crippen LogP contribution is -2.56. The topological polar surface area (TPSA) is 102 Å². The number of carbonyl (C=O) groups excluding carboxylic acids is 1. The number of sulfone groups is 1. The summed E-state index contributed by atoms with van der Waals surface area (Å²) in [5.41, 5.74) is 0.240. The highest BCUT2D eigenvalue weighted by molar-refractivity contribution is 7.91. The average molecular weight is 425 g/mol. The van der Waals surface area contributed by atoms with Crippen molar-refractivity contribution in [2.45, 2.75) is 50.4 Å². The first kappa shape index (κ1) is 20.3. The van der Waals surface area contributed by atoms with Crippen LogP contribution in [0.2, 0.25) is 0 Å². The molecule has 2 saturated heterocycles. The predicted octanol–water partition coefficient (Wildman–Crippen LogP) is 0.978. The van der Waals surface area contributed by atoms with Gasteiger partial charge in [-0.25, -0.2) is 18.4 Å². The Labute approximate surface area is 171 Å². The van der Waals surface area contributed by atoms with Gasteiger partial charge in [-0.15, -0.1) is 0 Å². The molecule has 2 atom stereocenters. The van der Waals surface area contributed by atoms with Gasteiger partial charge in [-0.3, -0.25) is 4.79 Å². The predicted molar refractivity (Wildman–Crippen MR) is 107 cm³/mol. The number of aromatic nitrogens is 2. The summed E-state index contributed by atoms with van der Waals surface area (Å²) in [6.07, 6.45) is 3.07. The molecule has 0 spiro atoms. The van der Waals surface area contributed by atoms with Gasteiger partial charge in [0.1, 0.15) is 17.0 Å². The molecule has 9 nitrogen and oxygen atoms in total. The largest absolute Gasteiger partial charge is 0.486 e. The standard InChI is InChI=1S/C19H28N4O5S/c1-12-9-27-10-13-11-28-14-15(19(2,3)29(4,25)26)20-16(21-17(14)23(12)13)18(24)22-7-5-6-8-22/h12-13H,5-11H2,1-4H3. The second kappa shape index (κ2) is 7.09. The van der Waals surface area contributed by atoms with E-state index < -0.39 is 14.6 Å². The molecule has 0 N–H and O–H groups in total. The lowest BCUT2D eigenvalue weighted by molar-refractivity contribution is 0.0480. The zero-order chi connectivity index (χ0) is 21.0. The quantitative estimate of drug-likeness (QED) is 0.708. The van der Waals surface area contributed by atoms with Crippen molar-refractivity contribution in [1.29, 1.82) is 0 Å². The van der Waals surface area contributed by atoms with Crippen LogP contribution in [-0.4, -0.2) is 80.4 Å². The van der Waals surface area contributed by atoms with Crippen LogP contribution in [0.4, 0.5) is 5.82 Å². The first-order chi connectivity index (χ1) is 13.6. The average Bonchev–Trinajstić information content (AvgIpc) is 3.20. The third kappa shape index (κ3) is 3.35. The first-order valence-corrected chi connectivity index (χ1v) is 11.9. The minimum Gasteiger partial charge on any atom is -0.486 e. The van der Waals surface area contributed by atoms with Gasteiger partial charge in [0.25, 0.3) is 5.91 Å². The van der Waals surface area contributed by atoms with Gasteiger partial charge < -0.3 is 19.3 Å². The summed E-state index contributed by atoms with van der Waals surface area (Å²) in [5.74, 6) is 0.601. The molecule has 0 saturated carbocycles. The molecule has 0 bridgehead atoms. The van der Waals surface area contributed by atoms with Crippen molar-refractivity contribution < 1.29 is 22.7 Å². The number of rotatable bonds is 3. The van der Waals surface area contributed by atoms with E-state index in [2.05, 4.69) is 14.9 Å². The van der Waals surface area contributed by atoms with Crippen LogP contribution < -0.4 is 9.64 Å². The molecular formula is C19H28N4O5S. The smallest absolute Gasteiger partial charge is 0.291 e. The maximum atomic E-state index is 13.1. The third-order valence-corrected chi connectivity index (χ3v) is 8.18. The van der Waals surface area contributed by atoms with Crippen LogP contribution >= 0.6 is 0 Å². The molecule has 3 aliphatic rings. The fraction of sp³-hybridized carbons (Fsp3) is 0.737. The first-order valence-electron chi connectivity index (χ1n) is 10.0. The Balaban J connectivity index is 1.90. The Morgan fingerprint density at radius 1 is 1.14 bits per heavy atom. The molecular weight excluding hydrogens is 396 g/mol. The molecule has 4 rings (SSSR count). The van der Waals surface area contributed by atoms with Gasteiger partial charge in [0.2, 0.25) is 5.82 Å². The van der Waals surface area contributed by atoms with Gasteiger partial charge in [-0.05, 0) is 33.6 Å². The second-order valence-electron chi connectivity index (χ2n) is 8.59. The van der Waals surface area contributed by atoms with Crippen LogP contribution in [0.1, 0.15) is 49.9 Å². The van der Waals surface area contributed by atoms with Crippen LogP contribution in [-0.2, 0) is 19.3 Å².